The van der Waals surface area contributed by atoms with Crippen LogP contribution in [0.3, 0.4) is 0 Å². The molecule has 0 aliphatic carbocycles. The fourth-order valence-corrected chi connectivity index (χ4v) is 3.13. The highest BCUT2D eigenvalue weighted by Gasteiger charge is 2.22. The molecule has 0 bridgehead atoms. The van der Waals surface area contributed by atoms with Crippen LogP contribution in [0.5, 0.6) is 0 Å². The molecular formula is C17H18N4O2. The molecule has 1 fully saturated rings. The standard InChI is InChI=1S/C17H18N4O2/c1-20(10-14(22)21-8-4-5-9-21)17-16-15(18-11-19-17)12-6-2-3-7-13(12)23-16/h2-3,6-7,11H,4-5,8-10H2,1H3. The van der Waals surface area contributed by atoms with E-state index in [1.807, 2.05) is 41.1 Å². The van der Waals surface area contributed by atoms with E-state index in [0.29, 0.717) is 17.9 Å². The Morgan fingerprint density at radius 3 is 2.87 bits per heavy atom. The van der Waals surface area contributed by atoms with E-state index in [1.165, 1.54) is 6.33 Å². The Labute approximate surface area is 133 Å². The zero-order chi connectivity index (χ0) is 15.8. The molecule has 6 heteroatoms. The summed E-state index contributed by atoms with van der Waals surface area (Å²) in [4.78, 5) is 24.8. The Morgan fingerprint density at radius 1 is 1.26 bits per heavy atom. The predicted octanol–water partition coefficient (Wildman–Crippen LogP) is 2.43. The number of fused-ring (bicyclic) bond motifs is 3. The Kier molecular flexibility index (Phi) is 3.37. The van der Waals surface area contributed by atoms with Crippen molar-refractivity contribution in [2.45, 2.75) is 12.8 Å². The van der Waals surface area contributed by atoms with Gasteiger partial charge in [-0.25, -0.2) is 9.97 Å². The number of carbonyl (C=O) groups is 1. The van der Waals surface area contributed by atoms with Crippen molar-refractivity contribution >= 4 is 33.8 Å². The molecule has 1 amide bonds. The normalized spacial score (nSPS) is 14.7. The van der Waals surface area contributed by atoms with Crippen molar-refractivity contribution in [3.8, 4) is 0 Å². The van der Waals surface area contributed by atoms with Crippen molar-refractivity contribution < 1.29 is 9.21 Å². The van der Waals surface area contributed by atoms with E-state index in [-0.39, 0.29) is 5.91 Å². The molecule has 118 valence electrons. The molecule has 0 saturated carbocycles. The van der Waals surface area contributed by atoms with E-state index in [2.05, 4.69) is 9.97 Å². The first-order valence-corrected chi connectivity index (χ1v) is 7.85. The van der Waals surface area contributed by atoms with Crippen molar-refractivity contribution in [3.05, 3.63) is 30.6 Å². The lowest BCUT2D eigenvalue weighted by Gasteiger charge is -2.21. The van der Waals surface area contributed by atoms with Gasteiger partial charge in [-0.2, -0.15) is 0 Å². The number of hydrogen-bond donors (Lipinski definition) is 0. The minimum atomic E-state index is 0.132. The molecule has 0 unspecified atom stereocenters. The van der Waals surface area contributed by atoms with E-state index < -0.39 is 0 Å². The maximum absolute atomic E-state index is 12.3. The highest BCUT2D eigenvalue weighted by Crippen LogP contribution is 2.31. The summed E-state index contributed by atoms with van der Waals surface area (Å²) >= 11 is 0. The van der Waals surface area contributed by atoms with Crippen LogP contribution in [0, 0.1) is 0 Å². The first kappa shape index (κ1) is 14.0. The van der Waals surface area contributed by atoms with Crippen LogP contribution in [0.15, 0.2) is 35.0 Å². The van der Waals surface area contributed by atoms with Gasteiger partial charge in [0.2, 0.25) is 5.91 Å². The number of rotatable bonds is 3. The zero-order valence-electron chi connectivity index (χ0n) is 13.0. The molecule has 0 radical (unpaired) electrons. The van der Waals surface area contributed by atoms with Gasteiger partial charge in [0.25, 0.3) is 0 Å². The van der Waals surface area contributed by atoms with Gasteiger partial charge in [0.15, 0.2) is 11.4 Å². The van der Waals surface area contributed by atoms with Crippen molar-refractivity contribution in [1.82, 2.24) is 14.9 Å². The number of hydrogen-bond acceptors (Lipinski definition) is 5. The van der Waals surface area contributed by atoms with Gasteiger partial charge in [0.1, 0.15) is 17.4 Å². The maximum atomic E-state index is 12.3. The predicted molar refractivity (Wildman–Crippen MR) is 88.4 cm³/mol. The lowest BCUT2D eigenvalue weighted by atomic mass is 10.2. The summed E-state index contributed by atoms with van der Waals surface area (Å²) in [6.07, 6.45) is 3.71. The summed E-state index contributed by atoms with van der Waals surface area (Å²) in [6.45, 7) is 2.01. The average molecular weight is 310 g/mol. The fraction of sp³-hybridized carbons (Fsp3) is 0.353. The summed E-state index contributed by atoms with van der Waals surface area (Å²) in [5.41, 5.74) is 2.19. The molecule has 6 nitrogen and oxygen atoms in total. The summed E-state index contributed by atoms with van der Waals surface area (Å²) in [5.74, 6) is 0.784. The highest BCUT2D eigenvalue weighted by atomic mass is 16.3. The monoisotopic (exact) mass is 310 g/mol. The number of para-hydroxylation sites is 1. The second-order valence-corrected chi connectivity index (χ2v) is 5.92. The van der Waals surface area contributed by atoms with Gasteiger partial charge in [-0.05, 0) is 25.0 Å². The molecule has 3 aromatic rings. The molecule has 1 aromatic carbocycles. The minimum absolute atomic E-state index is 0.132. The van der Waals surface area contributed by atoms with E-state index in [1.54, 1.807) is 0 Å². The Balaban J connectivity index is 1.69. The second-order valence-electron chi connectivity index (χ2n) is 5.92. The molecule has 23 heavy (non-hydrogen) atoms. The Bertz CT molecular complexity index is 867. The lowest BCUT2D eigenvalue weighted by molar-refractivity contribution is -0.128. The van der Waals surface area contributed by atoms with Crippen molar-refractivity contribution in [3.63, 3.8) is 0 Å². The Hall–Kier alpha value is -2.63. The van der Waals surface area contributed by atoms with Crippen molar-refractivity contribution in [2.24, 2.45) is 0 Å². The van der Waals surface area contributed by atoms with Crippen molar-refractivity contribution in [2.75, 3.05) is 31.6 Å². The fourth-order valence-electron chi connectivity index (χ4n) is 3.13. The van der Waals surface area contributed by atoms with Gasteiger partial charge in [0, 0.05) is 25.5 Å². The number of carbonyl (C=O) groups excluding carboxylic acids is 1. The number of likely N-dealkylation sites (N-methyl/N-ethyl adjacent to an activating group) is 1. The first-order chi connectivity index (χ1) is 11.2. The molecule has 0 N–H and O–H groups in total. The molecule has 3 heterocycles. The van der Waals surface area contributed by atoms with Crippen LogP contribution >= 0.6 is 0 Å². The third kappa shape index (κ3) is 2.40. The molecule has 2 aromatic heterocycles. The zero-order valence-corrected chi connectivity index (χ0v) is 13.0. The lowest BCUT2D eigenvalue weighted by Crippen LogP contribution is -2.37. The molecule has 1 saturated heterocycles. The quantitative estimate of drug-likeness (QED) is 0.743. The van der Waals surface area contributed by atoms with Gasteiger partial charge in [0.05, 0.1) is 6.54 Å². The molecule has 1 aliphatic heterocycles. The number of furan rings is 1. The molecule has 1 aliphatic rings. The van der Waals surface area contributed by atoms with Crippen LogP contribution in [-0.2, 0) is 4.79 Å². The summed E-state index contributed by atoms with van der Waals surface area (Å²) in [5, 5.41) is 0.963. The van der Waals surface area contributed by atoms with E-state index in [9.17, 15) is 4.79 Å². The highest BCUT2D eigenvalue weighted by molar-refractivity contribution is 6.05. The van der Waals surface area contributed by atoms with Crippen LogP contribution in [0.25, 0.3) is 22.1 Å². The smallest absolute Gasteiger partial charge is 0.242 e. The Morgan fingerprint density at radius 2 is 2.04 bits per heavy atom. The third-order valence-corrected chi connectivity index (χ3v) is 4.33. The number of benzene rings is 1. The number of amides is 1. The summed E-state index contributed by atoms with van der Waals surface area (Å²) in [6, 6.07) is 7.78. The van der Waals surface area contributed by atoms with Gasteiger partial charge in [-0.1, -0.05) is 12.1 Å². The SMILES string of the molecule is CN(CC(=O)N1CCCC1)c1ncnc2c1oc1ccccc12. The van der Waals surface area contributed by atoms with Crippen LogP contribution < -0.4 is 4.90 Å². The van der Waals surface area contributed by atoms with Crippen LogP contribution in [0.1, 0.15) is 12.8 Å². The second kappa shape index (κ2) is 5.53. The minimum Gasteiger partial charge on any atom is -0.450 e. The van der Waals surface area contributed by atoms with Gasteiger partial charge < -0.3 is 14.2 Å². The van der Waals surface area contributed by atoms with E-state index in [4.69, 9.17) is 4.42 Å². The number of aromatic nitrogens is 2. The van der Waals surface area contributed by atoms with Crippen molar-refractivity contribution in [1.29, 1.82) is 0 Å². The number of likely N-dealkylation sites (tertiary alicyclic amines) is 1. The van der Waals surface area contributed by atoms with Crippen LogP contribution in [0.2, 0.25) is 0 Å². The summed E-state index contributed by atoms with van der Waals surface area (Å²) in [7, 11) is 1.86. The van der Waals surface area contributed by atoms with Gasteiger partial charge >= 0.3 is 0 Å². The van der Waals surface area contributed by atoms with Gasteiger partial charge in [-0.15, -0.1) is 0 Å². The largest absolute Gasteiger partial charge is 0.450 e. The number of nitrogens with zero attached hydrogens (tertiary/aromatic N) is 4. The maximum Gasteiger partial charge on any atom is 0.242 e. The van der Waals surface area contributed by atoms with Crippen LogP contribution in [0.4, 0.5) is 5.82 Å². The van der Waals surface area contributed by atoms with E-state index >= 15 is 0 Å². The van der Waals surface area contributed by atoms with Crippen LogP contribution in [-0.4, -0.2) is 47.5 Å². The third-order valence-electron chi connectivity index (χ3n) is 4.33. The molecule has 0 spiro atoms. The first-order valence-electron chi connectivity index (χ1n) is 7.85. The summed E-state index contributed by atoms with van der Waals surface area (Å²) < 4.78 is 5.92. The molecule has 4 rings (SSSR count). The molecular weight excluding hydrogens is 292 g/mol. The average Bonchev–Trinajstić information content (AvgIpc) is 3.22. The van der Waals surface area contributed by atoms with E-state index in [0.717, 1.165) is 42.4 Å². The number of anilines is 1. The topological polar surface area (TPSA) is 62.5 Å². The molecule has 0 atom stereocenters. The van der Waals surface area contributed by atoms with Gasteiger partial charge in [-0.3, -0.25) is 4.79 Å².